The Balaban J connectivity index is 1.82. The van der Waals surface area contributed by atoms with E-state index in [2.05, 4.69) is 10.3 Å². The monoisotopic (exact) mass is 245 g/mol. The van der Waals surface area contributed by atoms with Crippen LogP contribution in [-0.4, -0.2) is 22.6 Å². The fraction of sp³-hybridized carbons (Fsp3) is 0.357. The molecule has 0 bridgehead atoms. The zero-order chi connectivity index (χ0) is 12.4. The normalized spacial score (nSPS) is 19.9. The van der Waals surface area contributed by atoms with Gasteiger partial charge in [-0.05, 0) is 43.7 Å². The summed E-state index contributed by atoms with van der Waals surface area (Å²) in [6.07, 6.45) is 6.24. The van der Waals surface area contributed by atoms with Gasteiger partial charge in [-0.25, -0.2) is 9.37 Å². The Morgan fingerprint density at radius 2 is 2.11 bits per heavy atom. The second-order valence-corrected chi connectivity index (χ2v) is 4.73. The van der Waals surface area contributed by atoms with Gasteiger partial charge >= 0.3 is 0 Å². The summed E-state index contributed by atoms with van der Waals surface area (Å²) >= 11 is 0. The molecular formula is C14H16FN3. The van der Waals surface area contributed by atoms with Crippen LogP contribution in [0.4, 0.5) is 4.39 Å². The number of hydrogen-bond donors (Lipinski definition) is 1. The molecule has 1 N–H and O–H groups in total. The molecule has 0 aliphatic carbocycles. The van der Waals surface area contributed by atoms with Crippen molar-refractivity contribution in [3.8, 4) is 5.69 Å². The quantitative estimate of drug-likeness (QED) is 0.881. The lowest BCUT2D eigenvalue weighted by atomic mass is 9.97. The summed E-state index contributed by atoms with van der Waals surface area (Å²) in [7, 11) is 0. The van der Waals surface area contributed by atoms with E-state index in [0.717, 1.165) is 24.5 Å². The maximum Gasteiger partial charge on any atom is 0.123 e. The average Bonchev–Trinajstić information content (AvgIpc) is 2.90. The fourth-order valence-corrected chi connectivity index (χ4v) is 2.41. The molecule has 0 unspecified atom stereocenters. The molecule has 2 heterocycles. The number of benzene rings is 1. The van der Waals surface area contributed by atoms with Crippen LogP contribution in [-0.2, 0) is 0 Å². The largest absolute Gasteiger partial charge is 0.316 e. The Morgan fingerprint density at radius 3 is 2.83 bits per heavy atom. The third-order valence-corrected chi connectivity index (χ3v) is 3.44. The van der Waals surface area contributed by atoms with Gasteiger partial charge in [0, 0.05) is 24.3 Å². The molecule has 1 aliphatic rings. The van der Waals surface area contributed by atoms with Crippen molar-refractivity contribution < 1.29 is 4.39 Å². The second-order valence-electron chi connectivity index (χ2n) is 4.73. The van der Waals surface area contributed by atoms with E-state index in [1.165, 1.54) is 25.0 Å². The zero-order valence-corrected chi connectivity index (χ0v) is 10.1. The molecule has 94 valence electrons. The molecule has 1 atom stereocenters. The van der Waals surface area contributed by atoms with E-state index in [0.29, 0.717) is 5.92 Å². The van der Waals surface area contributed by atoms with Crippen molar-refractivity contribution in [2.75, 3.05) is 13.1 Å². The number of halogens is 1. The molecule has 4 heteroatoms. The van der Waals surface area contributed by atoms with E-state index in [9.17, 15) is 4.39 Å². The Morgan fingerprint density at radius 1 is 1.28 bits per heavy atom. The SMILES string of the molecule is Fc1ccc(-n2cnc([C@H]3CCCNC3)c2)cc1. The van der Waals surface area contributed by atoms with Crippen molar-refractivity contribution >= 4 is 0 Å². The Kier molecular flexibility index (Phi) is 3.11. The molecule has 0 spiro atoms. The van der Waals surface area contributed by atoms with Gasteiger partial charge in [0.2, 0.25) is 0 Å². The molecule has 2 aromatic rings. The van der Waals surface area contributed by atoms with Gasteiger partial charge in [-0.2, -0.15) is 0 Å². The van der Waals surface area contributed by atoms with Gasteiger partial charge in [0.05, 0.1) is 12.0 Å². The second kappa shape index (κ2) is 4.90. The molecule has 0 amide bonds. The van der Waals surface area contributed by atoms with Gasteiger partial charge in [0.1, 0.15) is 5.82 Å². The first kappa shape index (κ1) is 11.4. The van der Waals surface area contributed by atoms with Crippen LogP contribution in [0.5, 0.6) is 0 Å². The fourth-order valence-electron chi connectivity index (χ4n) is 2.41. The summed E-state index contributed by atoms with van der Waals surface area (Å²) in [5.74, 6) is 0.288. The van der Waals surface area contributed by atoms with Crippen LogP contribution < -0.4 is 5.32 Å². The molecule has 3 rings (SSSR count). The number of piperidine rings is 1. The van der Waals surface area contributed by atoms with Crippen molar-refractivity contribution in [2.24, 2.45) is 0 Å². The molecule has 1 fully saturated rings. The van der Waals surface area contributed by atoms with Crippen LogP contribution >= 0.6 is 0 Å². The molecule has 1 saturated heterocycles. The van der Waals surface area contributed by atoms with Gasteiger partial charge in [0.15, 0.2) is 0 Å². The highest BCUT2D eigenvalue weighted by molar-refractivity contribution is 5.32. The first-order chi connectivity index (χ1) is 8.83. The summed E-state index contributed by atoms with van der Waals surface area (Å²) in [5, 5.41) is 3.39. The Labute approximate surface area is 106 Å². The Bertz CT molecular complexity index is 512. The van der Waals surface area contributed by atoms with Crippen molar-refractivity contribution in [1.82, 2.24) is 14.9 Å². The summed E-state index contributed by atoms with van der Waals surface area (Å²) < 4.78 is 14.8. The van der Waals surface area contributed by atoms with Crippen molar-refractivity contribution in [3.05, 3.63) is 48.3 Å². The van der Waals surface area contributed by atoms with E-state index < -0.39 is 0 Å². The molecule has 0 saturated carbocycles. The first-order valence-corrected chi connectivity index (χ1v) is 6.33. The molecular weight excluding hydrogens is 229 g/mol. The molecule has 1 aliphatic heterocycles. The highest BCUT2D eigenvalue weighted by Gasteiger charge is 2.17. The highest BCUT2D eigenvalue weighted by Crippen LogP contribution is 2.22. The third kappa shape index (κ3) is 2.29. The topological polar surface area (TPSA) is 29.9 Å². The van der Waals surface area contributed by atoms with E-state index >= 15 is 0 Å². The maximum atomic E-state index is 12.9. The van der Waals surface area contributed by atoms with Crippen LogP contribution in [0.3, 0.4) is 0 Å². The van der Waals surface area contributed by atoms with Crippen molar-refractivity contribution in [1.29, 1.82) is 0 Å². The van der Waals surface area contributed by atoms with Crippen LogP contribution in [0.25, 0.3) is 5.69 Å². The number of nitrogens with zero attached hydrogens (tertiary/aromatic N) is 2. The summed E-state index contributed by atoms with van der Waals surface area (Å²) in [6.45, 7) is 2.11. The van der Waals surface area contributed by atoms with Gasteiger partial charge in [-0.15, -0.1) is 0 Å². The first-order valence-electron chi connectivity index (χ1n) is 6.33. The number of imidazole rings is 1. The molecule has 0 radical (unpaired) electrons. The predicted octanol–water partition coefficient (Wildman–Crippen LogP) is 2.48. The van der Waals surface area contributed by atoms with Crippen LogP contribution in [0.1, 0.15) is 24.5 Å². The molecule has 3 nitrogen and oxygen atoms in total. The lowest BCUT2D eigenvalue weighted by Gasteiger charge is -2.20. The lowest BCUT2D eigenvalue weighted by Crippen LogP contribution is -2.28. The van der Waals surface area contributed by atoms with Gasteiger partial charge in [-0.3, -0.25) is 0 Å². The minimum atomic E-state index is -0.212. The number of rotatable bonds is 2. The maximum absolute atomic E-state index is 12.9. The smallest absolute Gasteiger partial charge is 0.123 e. The summed E-state index contributed by atoms with van der Waals surface area (Å²) in [5.41, 5.74) is 2.06. The average molecular weight is 245 g/mol. The summed E-state index contributed by atoms with van der Waals surface area (Å²) in [4.78, 5) is 4.47. The summed E-state index contributed by atoms with van der Waals surface area (Å²) in [6, 6.07) is 6.47. The third-order valence-electron chi connectivity index (χ3n) is 3.44. The molecule has 1 aromatic heterocycles. The van der Waals surface area contributed by atoms with Crippen LogP contribution in [0.15, 0.2) is 36.8 Å². The van der Waals surface area contributed by atoms with Crippen LogP contribution in [0, 0.1) is 5.82 Å². The number of hydrogen-bond acceptors (Lipinski definition) is 2. The minimum absolute atomic E-state index is 0.212. The molecule has 18 heavy (non-hydrogen) atoms. The lowest BCUT2D eigenvalue weighted by molar-refractivity contribution is 0.455. The molecule has 1 aromatic carbocycles. The Hall–Kier alpha value is -1.68. The minimum Gasteiger partial charge on any atom is -0.316 e. The van der Waals surface area contributed by atoms with Crippen molar-refractivity contribution in [2.45, 2.75) is 18.8 Å². The van der Waals surface area contributed by atoms with Gasteiger partial charge in [0.25, 0.3) is 0 Å². The van der Waals surface area contributed by atoms with Crippen LogP contribution in [0.2, 0.25) is 0 Å². The number of nitrogens with one attached hydrogen (secondary N) is 1. The zero-order valence-electron chi connectivity index (χ0n) is 10.1. The van der Waals surface area contributed by atoms with Gasteiger partial charge < -0.3 is 9.88 Å². The van der Waals surface area contributed by atoms with Crippen molar-refractivity contribution in [3.63, 3.8) is 0 Å². The highest BCUT2D eigenvalue weighted by atomic mass is 19.1. The predicted molar refractivity (Wildman–Crippen MR) is 68.4 cm³/mol. The van der Waals surface area contributed by atoms with E-state index in [1.54, 1.807) is 18.5 Å². The standard InChI is InChI=1S/C14H16FN3/c15-12-3-5-13(6-4-12)18-9-14(17-10-18)11-2-1-7-16-8-11/h3-6,9-11,16H,1-2,7-8H2/t11-/m0/s1. The van der Waals surface area contributed by atoms with Gasteiger partial charge in [-0.1, -0.05) is 0 Å². The van der Waals surface area contributed by atoms with E-state index in [1.807, 2.05) is 10.8 Å². The number of aromatic nitrogens is 2. The van der Waals surface area contributed by atoms with E-state index in [4.69, 9.17) is 0 Å². The van der Waals surface area contributed by atoms with E-state index in [-0.39, 0.29) is 5.82 Å².